The predicted molar refractivity (Wildman–Crippen MR) is 95.3 cm³/mol. The lowest BCUT2D eigenvalue weighted by molar-refractivity contribution is -0.385. The molecule has 0 aliphatic heterocycles. The van der Waals surface area contributed by atoms with Crippen molar-refractivity contribution in [3.8, 4) is 0 Å². The Morgan fingerprint density at radius 3 is 2.48 bits per heavy atom. The van der Waals surface area contributed by atoms with Gasteiger partial charge in [-0.3, -0.25) is 14.9 Å². The van der Waals surface area contributed by atoms with E-state index in [9.17, 15) is 20.0 Å². The fourth-order valence-corrected chi connectivity index (χ4v) is 2.76. The minimum absolute atomic E-state index is 0.0341. The van der Waals surface area contributed by atoms with E-state index in [1.54, 1.807) is 17.9 Å². The highest BCUT2D eigenvalue weighted by molar-refractivity contribution is 5.96. The molecule has 0 aromatic heterocycles. The number of aliphatic hydroxyl groups excluding tert-OH is 1. The maximum atomic E-state index is 13.1. The van der Waals surface area contributed by atoms with Gasteiger partial charge in [-0.15, -0.1) is 0 Å². The van der Waals surface area contributed by atoms with Crippen LogP contribution in [0.5, 0.6) is 0 Å². The minimum Gasteiger partial charge on any atom is -0.396 e. The quantitative estimate of drug-likeness (QED) is 0.618. The molecule has 132 valence electrons. The number of nitro groups is 1. The summed E-state index contributed by atoms with van der Waals surface area (Å²) in [7, 11) is 0. The van der Waals surface area contributed by atoms with Gasteiger partial charge in [-0.25, -0.2) is 0 Å². The van der Waals surface area contributed by atoms with Gasteiger partial charge >= 0.3 is 0 Å². The predicted octanol–water partition coefficient (Wildman–Crippen LogP) is 3.32. The van der Waals surface area contributed by atoms with E-state index < -0.39 is 4.92 Å². The summed E-state index contributed by atoms with van der Waals surface area (Å²) in [6.07, 6.45) is 0.437. The van der Waals surface area contributed by atoms with Crippen molar-refractivity contribution >= 4 is 11.6 Å². The summed E-state index contributed by atoms with van der Waals surface area (Å²) in [4.78, 5) is 25.4. The zero-order chi connectivity index (χ0) is 18.4. The normalized spacial score (nSPS) is 11.8. The number of amides is 1. The molecule has 2 aromatic rings. The van der Waals surface area contributed by atoms with Crippen molar-refractivity contribution in [1.82, 2.24) is 4.90 Å². The first-order chi connectivity index (χ1) is 12.0. The van der Waals surface area contributed by atoms with Gasteiger partial charge in [0.1, 0.15) is 0 Å². The smallest absolute Gasteiger partial charge is 0.273 e. The summed E-state index contributed by atoms with van der Waals surface area (Å²) < 4.78 is 0. The van der Waals surface area contributed by atoms with E-state index >= 15 is 0 Å². The van der Waals surface area contributed by atoms with Crippen molar-refractivity contribution in [3.63, 3.8) is 0 Å². The van der Waals surface area contributed by atoms with Gasteiger partial charge in [0.15, 0.2) is 0 Å². The van der Waals surface area contributed by atoms with E-state index in [0.717, 1.165) is 5.56 Å². The monoisotopic (exact) mass is 342 g/mol. The van der Waals surface area contributed by atoms with Crippen LogP contribution in [0.1, 0.15) is 34.8 Å². The van der Waals surface area contributed by atoms with Gasteiger partial charge in [0.2, 0.25) is 0 Å². The third kappa shape index (κ3) is 4.42. The maximum absolute atomic E-state index is 13.1. The molecule has 1 N–H and O–H groups in total. The number of aliphatic hydroxyl groups is 1. The third-order valence-electron chi connectivity index (χ3n) is 4.27. The lowest BCUT2D eigenvalue weighted by atomic mass is 10.0. The summed E-state index contributed by atoms with van der Waals surface area (Å²) in [5.41, 5.74) is 1.56. The van der Waals surface area contributed by atoms with Crippen molar-refractivity contribution < 1.29 is 14.8 Å². The average molecular weight is 342 g/mol. The van der Waals surface area contributed by atoms with Crippen LogP contribution in [0.3, 0.4) is 0 Å². The number of carbonyl (C=O) groups is 1. The molecule has 0 spiro atoms. The van der Waals surface area contributed by atoms with Gasteiger partial charge < -0.3 is 10.0 Å². The zero-order valence-corrected chi connectivity index (χ0v) is 14.4. The van der Waals surface area contributed by atoms with Crippen LogP contribution in [0, 0.1) is 17.0 Å². The van der Waals surface area contributed by atoms with Crippen LogP contribution in [-0.4, -0.2) is 33.5 Å². The van der Waals surface area contributed by atoms with Crippen LogP contribution in [0.4, 0.5) is 5.69 Å². The standard InChI is InChI=1S/C19H22N2O4/c1-14(11-12-22)20(13-16-7-4-3-5-8-16)19(23)17-9-6-10-18(15(17)2)21(24)25/h3-10,14,22H,11-13H2,1-2H3. The van der Waals surface area contributed by atoms with Gasteiger partial charge in [-0.05, 0) is 31.9 Å². The van der Waals surface area contributed by atoms with E-state index in [0.29, 0.717) is 24.1 Å². The summed E-state index contributed by atoms with van der Waals surface area (Å²) in [5, 5.41) is 20.4. The Labute approximate surface area is 146 Å². The Kier molecular flexibility index (Phi) is 6.25. The van der Waals surface area contributed by atoms with Crippen LogP contribution in [0.2, 0.25) is 0 Å². The Morgan fingerprint density at radius 1 is 1.20 bits per heavy atom. The molecule has 0 aliphatic rings. The molecule has 6 heteroatoms. The minimum atomic E-state index is -0.481. The summed E-state index contributed by atoms with van der Waals surface area (Å²) >= 11 is 0. The number of nitrogens with zero attached hydrogens (tertiary/aromatic N) is 2. The SMILES string of the molecule is Cc1c(C(=O)N(Cc2ccccc2)C(C)CCO)cccc1[N+](=O)[O-]. The van der Waals surface area contributed by atoms with Crippen molar-refractivity contribution in [2.45, 2.75) is 32.9 Å². The summed E-state index contributed by atoms with van der Waals surface area (Å²) in [6, 6.07) is 13.9. The number of hydrogen-bond acceptors (Lipinski definition) is 4. The lowest BCUT2D eigenvalue weighted by Crippen LogP contribution is -2.39. The first kappa shape index (κ1) is 18.6. The van der Waals surface area contributed by atoms with Gasteiger partial charge in [-0.1, -0.05) is 36.4 Å². The molecule has 2 aromatic carbocycles. The van der Waals surface area contributed by atoms with Gasteiger partial charge in [-0.2, -0.15) is 0 Å². The zero-order valence-electron chi connectivity index (χ0n) is 14.4. The Hall–Kier alpha value is -2.73. The van der Waals surface area contributed by atoms with Crippen molar-refractivity contribution in [1.29, 1.82) is 0 Å². The molecule has 0 fully saturated rings. The highest BCUT2D eigenvalue weighted by atomic mass is 16.6. The molecular formula is C19H22N2O4. The lowest BCUT2D eigenvalue weighted by Gasteiger charge is -2.29. The van der Waals surface area contributed by atoms with Crippen molar-refractivity contribution in [3.05, 3.63) is 75.3 Å². The third-order valence-corrected chi connectivity index (χ3v) is 4.27. The molecule has 2 rings (SSSR count). The maximum Gasteiger partial charge on any atom is 0.273 e. The number of hydrogen-bond donors (Lipinski definition) is 1. The molecule has 0 radical (unpaired) electrons. The molecular weight excluding hydrogens is 320 g/mol. The largest absolute Gasteiger partial charge is 0.396 e. The van der Waals surface area contributed by atoms with Crippen LogP contribution in [0.25, 0.3) is 0 Å². The molecule has 0 saturated heterocycles. The topological polar surface area (TPSA) is 83.7 Å². The van der Waals surface area contributed by atoms with Gasteiger partial charge in [0.25, 0.3) is 11.6 Å². The van der Waals surface area contributed by atoms with Crippen LogP contribution < -0.4 is 0 Å². The molecule has 0 saturated carbocycles. The second-order valence-electron chi connectivity index (χ2n) is 5.99. The highest BCUT2D eigenvalue weighted by Crippen LogP contribution is 2.24. The molecule has 6 nitrogen and oxygen atoms in total. The van der Waals surface area contributed by atoms with E-state index in [1.165, 1.54) is 12.1 Å². The molecule has 0 aliphatic carbocycles. The highest BCUT2D eigenvalue weighted by Gasteiger charge is 2.25. The van der Waals surface area contributed by atoms with E-state index in [4.69, 9.17) is 0 Å². The molecule has 1 atom stereocenters. The molecule has 0 bridgehead atoms. The van der Waals surface area contributed by atoms with Crippen molar-refractivity contribution in [2.75, 3.05) is 6.61 Å². The van der Waals surface area contributed by atoms with E-state index in [-0.39, 0.29) is 24.2 Å². The Morgan fingerprint density at radius 2 is 1.88 bits per heavy atom. The molecule has 1 amide bonds. The van der Waals surface area contributed by atoms with Gasteiger partial charge in [0, 0.05) is 36.4 Å². The summed E-state index contributed by atoms with van der Waals surface area (Å²) in [5.74, 6) is -0.272. The fraction of sp³-hybridized carbons (Fsp3) is 0.316. The molecule has 25 heavy (non-hydrogen) atoms. The number of benzene rings is 2. The molecule has 0 heterocycles. The number of rotatable bonds is 7. The Bertz CT molecular complexity index is 746. The number of nitro benzene ring substituents is 1. The van der Waals surface area contributed by atoms with Crippen LogP contribution in [-0.2, 0) is 6.54 Å². The second kappa shape index (κ2) is 8.39. The summed E-state index contributed by atoms with van der Waals surface area (Å²) in [6.45, 7) is 3.79. The van der Waals surface area contributed by atoms with Crippen LogP contribution in [0.15, 0.2) is 48.5 Å². The second-order valence-corrected chi connectivity index (χ2v) is 5.99. The van der Waals surface area contributed by atoms with E-state index in [2.05, 4.69) is 0 Å². The van der Waals surface area contributed by atoms with Crippen LogP contribution >= 0.6 is 0 Å². The molecule has 1 unspecified atom stereocenters. The fourth-order valence-electron chi connectivity index (χ4n) is 2.76. The van der Waals surface area contributed by atoms with Gasteiger partial charge in [0.05, 0.1) is 4.92 Å². The first-order valence-corrected chi connectivity index (χ1v) is 8.15. The number of carbonyl (C=O) groups excluding carboxylic acids is 1. The Balaban J connectivity index is 2.38. The first-order valence-electron chi connectivity index (χ1n) is 8.15. The van der Waals surface area contributed by atoms with Crippen molar-refractivity contribution in [2.24, 2.45) is 0 Å². The van der Waals surface area contributed by atoms with E-state index in [1.807, 2.05) is 37.3 Å². The average Bonchev–Trinajstić information content (AvgIpc) is 2.60.